The number of anilines is 2. The van der Waals surface area contributed by atoms with Crippen molar-refractivity contribution in [2.75, 3.05) is 17.2 Å². The molecule has 1 aliphatic carbocycles. The molecule has 0 amide bonds. The third-order valence-corrected chi connectivity index (χ3v) is 7.65. The van der Waals surface area contributed by atoms with Gasteiger partial charge in [-0.1, -0.05) is 76.0 Å². The van der Waals surface area contributed by atoms with E-state index in [1.54, 1.807) is 11.2 Å². The molecule has 9 heteroatoms. The van der Waals surface area contributed by atoms with Crippen LogP contribution in [0.5, 0.6) is 0 Å². The molecule has 0 spiro atoms. The first-order valence-corrected chi connectivity index (χ1v) is 14.4. The van der Waals surface area contributed by atoms with Gasteiger partial charge in [-0.3, -0.25) is 4.98 Å². The van der Waals surface area contributed by atoms with Crippen molar-refractivity contribution >= 4 is 45.5 Å². The van der Waals surface area contributed by atoms with Crippen molar-refractivity contribution < 1.29 is 0 Å². The van der Waals surface area contributed by atoms with Gasteiger partial charge < -0.3 is 21.4 Å². The highest BCUT2D eigenvalue weighted by molar-refractivity contribution is 6.36. The number of nitrogens with one attached hydrogen (secondary N) is 2. The number of fused-ring (bicyclic) bond motifs is 1. The topological polar surface area (TPSA) is 116 Å². The first-order valence-electron chi connectivity index (χ1n) is 13.6. The van der Waals surface area contributed by atoms with E-state index in [0.717, 1.165) is 29.5 Å². The van der Waals surface area contributed by atoms with Crippen molar-refractivity contribution in [1.82, 2.24) is 9.99 Å². The second kappa shape index (κ2) is 12.6. The summed E-state index contributed by atoms with van der Waals surface area (Å²) >= 11 is 13.4. The summed E-state index contributed by atoms with van der Waals surface area (Å²) in [6.07, 6.45) is 3.57. The molecule has 1 fully saturated rings. The quantitative estimate of drug-likeness (QED) is 0.157. The van der Waals surface area contributed by atoms with Crippen LogP contribution in [0.4, 0.5) is 11.4 Å². The van der Waals surface area contributed by atoms with Crippen molar-refractivity contribution in [1.29, 1.82) is 5.26 Å². The fraction of sp³-hybridized carbons (Fsp3) is 0.419. The zero-order valence-corrected chi connectivity index (χ0v) is 26.0. The molecule has 1 aliphatic rings. The van der Waals surface area contributed by atoms with Gasteiger partial charge >= 0.3 is 0 Å². The molecule has 1 heterocycles. The highest BCUT2D eigenvalue weighted by atomic mass is 35.5. The van der Waals surface area contributed by atoms with Gasteiger partial charge in [0.25, 0.3) is 0 Å². The van der Waals surface area contributed by atoms with E-state index in [-0.39, 0.29) is 11.0 Å². The number of hydrazine groups is 1. The zero-order valence-electron chi connectivity index (χ0n) is 24.5. The van der Waals surface area contributed by atoms with Gasteiger partial charge in [-0.15, -0.1) is 0 Å². The van der Waals surface area contributed by atoms with Crippen LogP contribution in [0.2, 0.25) is 10.0 Å². The SMILES string of the molecule is C/C(=C(/N)C(Nc1cc(Cl)c2ncc(C#N)c(NCC(C)(C)C)c2c1)c1ccccc1Cl)N(N)C1(C)CC1.CC. The number of hydrogen-bond donors (Lipinski definition) is 4. The van der Waals surface area contributed by atoms with E-state index in [2.05, 4.69) is 49.4 Å². The highest BCUT2D eigenvalue weighted by Crippen LogP contribution is 2.43. The van der Waals surface area contributed by atoms with E-state index in [9.17, 15) is 5.26 Å². The van der Waals surface area contributed by atoms with Gasteiger partial charge in [0.1, 0.15) is 6.07 Å². The van der Waals surface area contributed by atoms with Gasteiger partial charge in [0.2, 0.25) is 0 Å². The maximum absolute atomic E-state index is 9.79. The molecule has 214 valence electrons. The van der Waals surface area contributed by atoms with Crippen LogP contribution < -0.4 is 22.2 Å². The van der Waals surface area contributed by atoms with Gasteiger partial charge in [0.15, 0.2) is 0 Å². The summed E-state index contributed by atoms with van der Waals surface area (Å²) < 4.78 is 0. The third-order valence-electron chi connectivity index (χ3n) is 7.01. The monoisotopic (exact) mass is 581 g/mol. The molecule has 0 bridgehead atoms. The molecule has 2 aromatic carbocycles. The number of allylic oxidation sites excluding steroid dienone is 1. The average Bonchev–Trinajstić information content (AvgIpc) is 3.68. The Labute approximate surface area is 248 Å². The summed E-state index contributed by atoms with van der Waals surface area (Å²) in [5.74, 6) is 6.49. The predicted octanol–water partition coefficient (Wildman–Crippen LogP) is 7.97. The molecule has 6 N–H and O–H groups in total. The normalized spacial score (nSPS) is 15.2. The minimum Gasteiger partial charge on any atom is -0.399 e. The van der Waals surface area contributed by atoms with E-state index in [0.29, 0.717) is 44.7 Å². The first-order chi connectivity index (χ1) is 18.8. The number of nitrogens with two attached hydrogens (primary N) is 2. The maximum Gasteiger partial charge on any atom is 0.103 e. The Bertz CT molecular complexity index is 1430. The Morgan fingerprint density at radius 1 is 1.18 bits per heavy atom. The molecule has 0 saturated heterocycles. The van der Waals surface area contributed by atoms with Crippen molar-refractivity contribution in [2.24, 2.45) is 17.0 Å². The van der Waals surface area contributed by atoms with Crippen molar-refractivity contribution in [2.45, 2.75) is 72.9 Å². The van der Waals surface area contributed by atoms with E-state index in [1.807, 2.05) is 57.2 Å². The van der Waals surface area contributed by atoms with Gasteiger partial charge in [0, 0.05) is 34.5 Å². The Balaban J connectivity index is 0.00000216. The molecule has 3 aromatic rings. The van der Waals surface area contributed by atoms with Gasteiger partial charge in [0.05, 0.1) is 39.1 Å². The van der Waals surface area contributed by atoms with Gasteiger partial charge in [-0.25, -0.2) is 5.84 Å². The predicted molar refractivity (Wildman–Crippen MR) is 169 cm³/mol. The molecule has 0 radical (unpaired) electrons. The van der Waals surface area contributed by atoms with Crippen LogP contribution in [-0.4, -0.2) is 22.1 Å². The number of halogens is 2. The molecular weight excluding hydrogens is 541 g/mol. The van der Waals surface area contributed by atoms with E-state index >= 15 is 0 Å². The van der Waals surface area contributed by atoms with Crippen molar-refractivity contribution in [3.05, 3.63) is 75.2 Å². The standard InChI is InChI=1S/C29H35Cl2N7.C2H6/c1-17(38(34)29(5)10-11-29)24(33)27(20-8-6-7-9-22(20)30)37-19-12-21-25(36-16-28(2,3)4)18(14-32)15-35-26(21)23(31)13-19;1-2/h6-9,12-13,15,27,37H,10-11,16,33-34H2,1-5H3,(H,35,36);1-2H3/b24-17-;. The Hall–Kier alpha value is -3.18. The zero-order chi connectivity index (χ0) is 29.8. The highest BCUT2D eigenvalue weighted by Gasteiger charge is 2.43. The maximum atomic E-state index is 9.79. The number of hydrogen-bond acceptors (Lipinski definition) is 7. The number of benzene rings is 2. The molecule has 1 atom stereocenters. The lowest BCUT2D eigenvalue weighted by Crippen LogP contribution is -2.41. The lowest BCUT2D eigenvalue weighted by molar-refractivity contribution is 0.252. The summed E-state index contributed by atoms with van der Waals surface area (Å²) in [6, 6.07) is 13.1. The van der Waals surface area contributed by atoms with Crippen molar-refractivity contribution in [3.8, 4) is 6.07 Å². The first kappa shape index (κ1) is 31.3. The summed E-state index contributed by atoms with van der Waals surface area (Å²) in [4.78, 5) is 4.47. The molecule has 1 saturated carbocycles. The Kier molecular flexibility index (Phi) is 9.84. The lowest BCUT2D eigenvalue weighted by Gasteiger charge is -2.31. The van der Waals surface area contributed by atoms with Gasteiger partial charge in [-0.2, -0.15) is 5.26 Å². The van der Waals surface area contributed by atoms with Crippen LogP contribution in [0, 0.1) is 16.7 Å². The molecule has 4 rings (SSSR count). The fourth-order valence-electron chi connectivity index (χ4n) is 4.35. The van der Waals surface area contributed by atoms with Crippen LogP contribution >= 0.6 is 23.2 Å². The number of rotatable bonds is 8. The second-order valence-corrected chi connectivity index (χ2v) is 12.2. The van der Waals surface area contributed by atoms with Crippen LogP contribution in [0.25, 0.3) is 10.9 Å². The minimum atomic E-state index is -0.483. The Morgan fingerprint density at radius 3 is 2.40 bits per heavy atom. The van der Waals surface area contributed by atoms with Crippen LogP contribution in [-0.2, 0) is 0 Å². The van der Waals surface area contributed by atoms with Crippen LogP contribution in [0.1, 0.15) is 78.5 Å². The average molecular weight is 583 g/mol. The molecule has 1 aromatic heterocycles. The third kappa shape index (κ3) is 6.93. The van der Waals surface area contributed by atoms with E-state index < -0.39 is 6.04 Å². The number of aromatic nitrogens is 1. The number of pyridine rings is 1. The largest absolute Gasteiger partial charge is 0.399 e. The minimum absolute atomic E-state index is 0.000194. The van der Waals surface area contributed by atoms with Crippen LogP contribution in [0.3, 0.4) is 0 Å². The molecular formula is C31H41Cl2N7. The molecule has 1 unspecified atom stereocenters. The van der Waals surface area contributed by atoms with Crippen LogP contribution in [0.15, 0.2) is 54.0 Å². The van der Waals surface area contributed by atoms with Crippen molar-refractivity contribution in [3.63, 3.8) is 0 Å². The Morgan fingerprint density at radius 2 is 1.82 bits per heavy atom. The van der Waals surface area contributed by atoms with E-state index in [4.69, 9.17) is 34.8 Å². The molecule has 7 nitrogen and oxygen atoms in total. The second-order valence-electron chi connectivity index (χ2n) is 11.4. The number of nitrogens with zero attached hydrogens (tertiary/aromatic N) is 3. The fourth-order valence-corrected chi connectivity index (χ4v) is 4.86. The smallest absolute Gasteiger partial charge is 0.103 e. The molecule has 40 heavy (non-hydrogen) atoms. The lowest BCUT2D eigenvalue weighted by atomic mass is 9.96. The molecule has 0 aliphatic heterocycles. The summed E-state index contributed by atoms with van der Waals surface area (Å²) in [6.45, 7) is 15.1. The van der Waals surface area contributed by atoms with Gasteiger partial charge in [-0.05, 0) is 55.9 Å². The van der Waals surface area contributed by atoms with E-state index in [1.165, 1.54) is 0 Å². The summed E-state index contributed by atoms with van der Waals surface area (Å²) in [5.41, 5.74) is 11.3. The number of nitriles is 1. The summed E-state index contributed by atoms with van der Waals surface area (Å²) in [7, 11) is 0. The summed E-state index contributed by atoms with van der Waals surface area (Å²) in [5, 5.41) is 20.3.